The van der Waals surface area contributed by atoms with E-state index in [2.05, 4.69) is 14.8 Å². The molecule has 0 aromatic heterocycles. The minimum absolute atomic E-state index is 0.0482. The van der Waals surface area contributed by atoms with Crippen LogP contribution in [0.4, 0.5) is 14.5 Å². The average Bonchev–Trinajstić information content (AvgIpc) is 3.12. The van der Waals surface area contributed by atoms with Crippen molar-refractivity contribution in [3.8, 4) is 11.5 Å². The maximum Gasteiger partial charge on any atom is 0.586 e. The number of rotatable bonds is 4. The molecule has 0 aliphatic carbocycles. The van der Waals surface area contributed by atoms with Crippen molar-refractivity contribution in [3.63, 3.8) is 0 Å². The van der Waals surface area contributed by atoms with Crippen molar-refractivity contribution in [1.82, 2.24) is 4.90 Å². The topological polar surface area (TPSA) is 76.8 Å². The minimum Gasteiger partial charge on any atom is -0.395 e. The number of alkyl halides is 2. The Morgan fingerprint density at radius 1 is 1.15 bits per heavy atom. The third kappa shape index (κ3) is 3.86. The van der Waals surface area contributed by atoms with E-state index in [1.54, 1.807) is 0 Å². The van der Waals surface area contributed by atoms with Crippen molar-refractivity contribution < 1.29 is 23.0 Å². The molecular weight excluding hydrogens is 356 g/mol. The summed E-state index contributed by atoms with van der Waals surface area (Å²) in [5.74, 6) is -0.243. The molecule has 1 fully saturated rings. The van der Waals surface area contributed by atoms with Crippen molar-refractivity contribution in [2.24, 2.45) is 5.73 Å². The van der Waals surface area contributed by atoms with Gasteiger partial charge < -0.3 is 20.5 Å². The van der Waals surface area contributed by atoms with Crippen LogP contribution in [0.3, 0.4) is 0 Å². The van der Waals surface area contributed by atoms with Gasteiger partial charge in [0.15, 0.2) is 11.5 Å². The van der Waals surface area contributed by atoms with E-state index in [1.165, 1.54) is 18.2 Å². The zero-order chi connectivity index (χ0) is 19.0. The van der Waals surface area contributed by atoms with Crippen LogP contribution in [0.25, 0.3) is 0 Å². The summed E-state index contributed by atoms with van der Waals surface area (Å²) in [6.07, 6.45) is -3.68. The summed E-state index contributed by atoms with van der Waals surface area (Å²) in [6.45, 7) is 1.47. The summed E-state index contributed by atoms with van der Waals surface area (Å²) in [5, 5.41) is 2.69. The molecular formula is C19H19F2N3O3. The Hall–Kier alpha value is -2.71. The number of benzene rings is 2. The number of hydrogen-bond acceptors (Lipinski definition) is 5. The van der Waals surface area contributed by atoms with E-state index in [9.17, 15) is 13.6 Å². The molecule has 27 heavy (non-hydrogen) atoms. The van der Waals surface area contributed by atoms with E-state index in [0.717, 1.165) is 5.56 Å². The molecule has 8 heteroatoms. The van der Waals surface area contributed by atoms with Crippen LogP contribution >= 0.6 is 0 Å². The molecule has 2 aromatic rings. The molecule has 3 N–H and O–H groups in total. The van der Waals surface area contributed by atoms with Crippen LogP contribution < -0.4 is 20.5 Å². The second-order valence-electron chi connectivity index (χ2n) is 6.75. The summed E-state index contributed by atoms with van der Waals surface area (Å²) >= 11 is 0. The SMILES string of the molecule is N[C@@H]1CN(CC(=O)Nc2ccc3c(c2)OC(F)(F)O3)C[C@H]1c1ccccc1. The number of nitrogens with zero attached hydrogens (tertiary/aromatic N) is 1. The van der Waals surface area contributed by atoms with Gasteiger partial charge in [-0.2, -0.15) is 0 Å². The molecule has 0 saturated carbocycles. The Morgan fingerprint density at radius 2 is 1.89 bits per heavy atom. The van der Waals surface area contributed by atoms with Gasteiger partial charge in [-0.15, -0.1) is 8.78 Å². The van der Waals surface area contributed by atoms with Gasteiger partial charge in [0.25, 0.3) is 0 Å². The fourth-order valence-corrected chi connectivity index (χ4v) is 3.53. The predicted molar refractivity (Wildman–Crippen MR) is 94.9 cm³/mol. The van der Waals surface area contributed by atoms with Gasteiger partial charge in [-0.1, -0.05) is 30.3 Å². The number of amides is 1. The highest BCUT2D eigenvalue weighted by Crippen LogP contribution is 2.42. The van der Waals surface area contributed by atoms with Gasteiger partial charge in [-0.3, -0.25) is 9.69 Å². The van der Waals surface area contributed by atoms with Crippen LogP contribution in [0, 0.1) is 0 Å². The first kappa shape index (κ1) is 17.7. The lowest BCUT2D eigenvalue weighted by Crippen LogP contribution is -2.33. The highest BCUT2D eigenvalue weighted by Gasteiger charge is 2.43. The van der Waals surface area contributed by atoms with Gasteiger partial charge in [-0.05, 0) is 17.7 Å². The standard InChI is InChI=1S/C19H19F2N3O3/c20-19(21)26-16-7-6-13(8-17(16)27-19)23-18(25)11-24-9-14(15(22)10-24)12-4-2-1-3-5-12/h1-8,14-15H,9-11,22H2,(H,23,25)/t14-,15+/m0/s1. The number of likely N-dealkylation sites (tertiary alicyclic amines) is 1. The van der Waals surface area contributed by atoms with Crippen molar-refractivity contribution in [2.45, 2.75) is 18.3 Å². The first-order valence-electron chi connectivity index (χ1n) is 8.62. The van der Waals surface area contributed by atoms with Crippen LogP contribution in [0.2, 0.25) is 0 Å². The highest BCUT2D eigenvalue weighted by molar-refractivity contribution is 5.92. The fourth-order valence-electron chi connectivity index (χ4n) is 3.53. The molecule has 4 rings (SSSR count). The van der Waals surface area contributed by atoms with E-state index in [-0.39, 0.29) is 35.9 Å². The summed E-state index contributed by atoms with van der Waals surface area (Å²) in [4.78, 5) is 14.3. The smallest absolute Gasteiger partial charge is 0.395 e. The van der Waals surface area contributed by atoms with Gasteiger partial charge in [0.1, 0.15) is 0 Å². The van der Waals surface area contributed by atoms with Crippen LogP contribution in [-0.2, 0) is 4.79 Å². The molecule has 2 heterocycles. The number of nitrogens with two attached hydrogens (primary N) is 1. The van der Waals surface area contributed by atoms with Crippen LogP contribution in [0.15, 0.2) is 48.5 Å². The van der Waals surface area contributed by atoms with Gasteiger partial charge in [0.2, 0.25) is 5.91 Å². The normalized spacial score (nSPS) is 23.4. The molecule has 1 amide bonds. The van der Waals surface area contributed by atoms with Crippen LogP contribution in [0.5, 0.6) is 11.5 Å². The number of ether oxygens (including phenoxy) is 2. The zero-order valence-electron chi connectivity index (χ0n) is 14.4. The largest absolute Gasteiger partial charge is 0.586 e. The summed E-state index contributed by atoms with van der Waals surface area (Å²) < 4.78 is 34.9. The monoisotopic (exact) mass is 375 g/mol. The zero-order valence-corrected chi connectivity index (χ0v) is 14.4. The van der Waals surface area contributed by atoms with E-state index in [1.807, 2.05) is 35.2 Å². The lowest BCUT2D eigenvalue weighted by molar-refractivity contribution is -0.286. The molecule has 6 nitrogen and oxygen atoms in total. The molecule has 0 unspecified atom stereocenters. The number of fused-ring (bicyclic) bond motifs is 1. The molecule has 0 spiro atoms. The van der Waals surface area contributed by atoms with Crippen LogP contribution in [-0.4, -0.2) is 42.8 Å². The third-order valence-electron chi connectivity index (χ3n) is 4.72. The minimum atomic E-state index is -3.68. The number of carbonyl (C=O) groups is 1. The number of hydrogen-bond donors (Lipinski definition) is 2. The summed E-state index contributed by atoms with van der Waals surface area (Å²) in [5.41, 5.74) is 7.76. The van der Waals surface area contributed by atoms with E-state index < -0.39 is 6.29 Å². The fraction of sp³-hybridized carbons (Fsp3) is 0.316. The molecule has 142 valence electrons. The van der Waals surface area contributed by atoms with Crippen molar-refractivity contribution in [1.29, 1.82) is 0 Å². The number of anilines is 1. The molecule has 0 radical (unpaired) electrons. The highest BCUT2D eigenvalue weighted by atomic mass is 19.3. The Bertz CT molecular complexity index is 847. The van der Waals surface area contributed by atoms with Crippen LogP contribution in [0.1, 0.15) is 11.5 Å². The van der Waals surface area contributed by atoms with E-state index in [4.69, 9.17) is 5.73 Å². The quantitative estimate of drug-likeness (QED) is 0.858. The van der Waals surface area contributed by atoms with E-state index >= 15 is 0 Å². The first-order valence-corrected chi connectivity index (χ1v) is 8.62. The maximum absolute atomic E-state index is 13.1. The first-order chi connectivity index (χ1) is 12.9. The van der Waals surface area contributed by atoms with E-state index in [0.29, 0.717) is 18.8 Å². The average molecular weight is 375 g/mol. The Labute approximate surface area is 154 Å². The third-order valence-corrected chi connectivity index (χ3v) is 4.72. The molecule has 2 aliphatic rings. The lowest BCUT2D eigenvalue weighted by atomic mass is 9.95. The molecule has 2 aromatic carbocycles. The van der Waals surface area contributed by atoms with Crippen molar-refractivity contribution in [3.05, 3.63) is 54.1 Å². The summed E-state index contributed by atoms with van der Waals surface area (Å²) in [6, 6.07) is 14.1. The van der Waals surface area contributed by atoms with Crippen molar-refractivity contribution >= 4 is 11.6 Å². The maximum atomic E-state index is 13.1. The predicted octanol–water partition coefficient (Wildman–Crippen LogP) is 2.37. The molecule has 1 saturated heterocycles. The van der Waals surface area contributed by atoms with Gasteiger partial charge >= 0.3 is 6.29 Å². The lowest BCUT2D eigenvalue weighted by Gasteiger charge is -2.16. The van der Waals surface area contributed by atoms with Gasteiger partial charge in [-0.25, -0.2) is 0 Å². The molecule has 0 bridgehead atoms. The Morgan fingerprint density at radius 3 is 2.67 bits per heavy atom. The Kier molecular flexibility index (Phi) is 4.45. The summed E-state index contributed by atoms with van der Waals surface area (Å²) in [7, 11) is 0. The van der Waals surface area contributed by atoms with Gasteiger partial charge in [0, 0.05) is 36.8 Å². The van der Waals surface area contributed by atoms with Gasteiger partial charge in [0.05, 0.1) is 6.54 Å². The number of carbonyl (C=O) groups excluding carboxylic acids is 1. The number of nitrogens with one attached hydrogen (secondary N) is 1. The van der Waals surface area contributed by atoms with Crippen molar-refractivity contribution in [2.75, 3.05) is 25.0 Å². The second-order valence-corrected chi connectivity index (χ2v) is 6.75. The molecule has 2 aliphatic heterocycles. The second kappa shape index (κ2) is 6.79. The Balaban J connectivity index is 1.35. The number of halogens is 2. The molecule has 2 atom stereocenters.